The lowest BCUT2D eigenvalue weighted by Crippen LogP contribution is -2.23. The van der Waals surface area contributed by atoms with Crippen molar-refractivity contribution in [2.45, 2.75) is 31.3 Å². The zero-order valence-corrected chi connectivity index (χ0v) is 14.0. The first-order valence-corrected chi connectivity index (χ1v) is 8.07. The second kappa shape index (κ2) is 6.64. The Labute approximate surface area is 126 Å². The highest BCUT2D eigenvalue weighted by molar-refractivity contribution is 7.89. The minimum absolute atomic E-state index is 0.147. The molecule has 6 nitrogen and oxygen atoms in total. The van der Waals surface area contributed by atoms with Crippen LogP contribution >= 0.6 is 0 Å². The molecule has 0 aromatic heterocycles. The monoisotopic (exact) mass is 316 g/mol. The molecule has 1 aromatic carbocycles. The van der Waals surface area contributed by atoms with Crippen LogP contribution in [-0.2, 0) is 14.8 Å². The highest BCUT2D eigenvalue weighted by atomic mass is 32.2. The Morgan fingerprint density at radius 3 is 2.33 bits per heavy atom. The molecule has 1 aromatic rings. The Kier molecular flexibility index (Phi) is 5.61. The quantitative estimate of drug-likeness (QED) is 0.638. The van der Waals surface area contributed by atoms with E-state index in [2.05, 4.69) is 0 Å². The summed E-state index contributed by atoms with van der Waals surface area (Å²) in [7, 11) is -0.552. The van der Waals surface area contributed by atoms with E-state index in [1.54, 1.807) is 0 Å². The maximum absolute atomic E-state index is 12.1. The molecule has 0 amide bonds. The average molecular weight is 316 g/mol. The summed E-state index contributed by atoms with van der Waals surface area (Å²) >= 11 is 0. The van der Waals surface area contributed by atoms with Crippen LogP contribution in [0.3, 0.4) is 0 Å². The Morgan fingerprint density at radius 2 is 1.81 bits per heavy atom. The molecule has 0 aliphatic carbocycles. The van der Waals surface area contributed by atoms with Gasteiger partial charge in [-0.05, 0) is 32.9 Å². The molecule has 0 heterocycles. The Balaban J connectivity index is 2.80. The van der Waals surface area contributed by atoms with Crippen molar-refractivity contribution < 1.29 is 17.9 Å². The van der Waals surface area contributed by atoms with Gasteiger partial charge >= 0.3 is 0 Å². The lowest BCUT2D eigenvalue weighted by atomic mass is 10.2. The molecule has 2 N–H and O–H groups in total. The van der Waals surface area contributed by atoms with Gasteiger partial charge in [0, 0.05) is 20.2 Å². The molecule has 0 atom stereocenters. The summed E-state index contributed by atoms with van der Waals surface area (Å²) in [5.41, 5.74) is 5.95. The number of benzene rings is 1. The van der Waals surface area contributed by atoms with Gasteiger partial charge in [-0.15, -0.1) is 0 Å². The summed E-state index contributed by atoms with van der Waals surface area (Å²) in [6, 6.07) is 4.42. The van der Waals surface area contributed by atoms with Crippen LogP contribution in [0.1, 0.15) is 20.8 Å². The SMILES string of the molecule is CN(C)S(=O)(=O)c1ccc(N)c(OCCOC(C)(C)C)c1. The molecule has 0 saturated carbocycles. The van der Waals surface area contributed by atoms with E-state index in [0.717, 1.165) is 4.31 Å². The molecule has 0 aliphatic rings. The van der Waals surface area contributed by atoms with Crippen LogP contribution < -0.4 is 10.5 Å². The number of hydrogen-bond acceptors (Lipinski definition) is 5. The summed E-state index contributed by atoms with van der Waals surface area (Å²) in [6.45, 7) is 6.55. The van der Waals surface area contributed by atoms with Gasteiger partial charge in [0.15, 0.2) is 0 Å². The standard InChI is InChI=1S/C14H24N2O4S/c1-14(2,3)20-9-8-19-13-10-11(6-7-12(13)15)21(17,18)16(4)5/h6-7,10H,8-9,15H2,1-5H3. The molecule has 0 saturated heterocycles. The molecule has 0 spiro atoms. The van der Waals surface area contributed by atoms with E-state index in [1.807, 2.05) is 20.8 Å². The number of hydrogen-bond donors (Lipinski definition) is 1. The molecule has 0 bridgehead atoms. The van der Waals surface area contributed by atoms with E-state index in [0.29, 0.717) is 24.7 Å². The fraction of sp³-hybridized carbons (Fsp3) is 0.571. The van der Waals surface area contributed by atoms with Crippen LogP contribution in [0.25, 0.3) is 0 Å². The third kappa shape index (κ3) is 5.18. The predicted molar refractivity (Wildman–Crippen MR) is 82.9 cm³/mol. The largest absolute Gasteiger partial charge is 0.489 e. The Bertz CT molecular complexity index is 577. The van der Waals surface area contributed by atoms with E-state index in [1.165, 1.54) is 32.3 Å². The zero-order valence-electron chi connectivity index (χ0n) is 13.2. The summed E-state index contributed by atoms with van der Waals surface area (Å²) in [5.74, 6) is 0.343. The Morgan fingerprint density at radius 1 is 1.19 bits per heavy atom. The highest BCUT2D eigenvalue weighted by Gasteiger charge is 2.19. The first-order chi connectivity index (χ1) is 9.54. The van der Waals surface area contributed by atoms with Gasteiger partial charge in [0.25, 0.3) is 0 Å². The van der Waals surface area contributed by atoms with Crippen molar-refractivity contribution in [1.29, 1.82) is 0 Å². The number of nitrogen functional groups attached to an aromatic ring is 1. The predicted octanol–water partition coefficient (Wildman–Crippen LogP) is 1.71. The van der Waals surface area contributed by atoms with Crippen LogP contribution in [-0.4, -0.2) is 45.6 Å². The smallest absolute Gasteiger partial charge is 0.242 e. The topological polar surface area (TPSA) is 81.9 Å². The van der Waals surface area contributed by atoms with Crippen LogP contribution in [0.2, 0.25) is 0 Å². The average Bonchev–Trinajstić information content (AvgIpc) is 2.34. The van der Waals surface area contributed by atoms with Crippen molar-refractivity contribution in [3.8, 4) is 5.75 Å². The first-order valence-electron chi connectivity index (χ1n) is 6.63. The number of anilines is 1. The number of ether oxygens (including phenoxy) is 2. The zero-order chi connectivity index (χ0) is 16.3. The molecule has 1 rings (SSSR count). The second-order valence-electron chi connectivity index (χ2n) is 5.80. The van der Waals surface area contributed by atoms with Crippen LogP contribution in [0, 0.1) is 0 Å². The molecule has 0 fully saturated rings. The minimum Gasteiger partial charge on any atom is -0.489 e. The maximum Gasteiger partial charge on any atom is 0.242 e. The van der Waals surface area contributed by atoms with Gasteiger partial charge in [-0.3, -0.25) is 0 Å². The lowest BCUT2D eigenvalue weighted by molar-refractivity contribution is -0.0162. The van der Waals surface area contributed by atoms with E-state index in [4.69, 9.17) is 15.2 Å². The molecular formula is C14H24N2O4S. The van der Waals surface area contributed by atoms with Crippen LogP contribution in [0.5, 0.6) is 5.75 Å². The number of nitrogens with zero attached hydrogens (tertiary/aromatic N) is 1. The van der Waals surface area contributed by atoms with Crippen molar-refractivity contribution in [3.05, 3.63) is 18.2 Å². The van der Waals surface area contributed by atoms with Gasteiger partial charge in [0.1, 0.15) is 12.4 Å². The van der Waals surface area contributed by atoms with Crippen molar-refractivity contribution >= 4 is 15.7 Å². The maximum atomic E-state index is 12.1. The van der Waals surface area contributed by atoms with E-state index in [9.17, 15) is 8.42 Å². The van der Waals surface area contributed by atoms with Gasteiger partial charge in [0.2, 0.25) is 10.0 Å². The van der Waals surface area contributed by atoms with Gasteiger partial charge in [0.05, 0.1) is 22.8 Å². The Hall–Kier alpha value is -1.31. The molecule has 0 unspecified atom stereocenters. The molecule has 120 valence electrons. The van der Waals surface area contributed by atoms with Gasteiger partial charge in [-0.1, -0.05) is 0 Å². The van der Waals surface area contributed by atoms with Crippen molar-refractivity contribution in [2.24, 2.45) is 0 Å². The summed E-state index contributed by atoms with van der Waals surface area (Å²) in [5, 5.41) is 0. The molecular weight excluding hydrogens is 292 g/mol. The number of nitrogens with two attached hydrogens (primary N) is 1. The normalized spacial score (nSPS) is 12.7. The molecule has 0 aliphatic heterocycles. The summed E-state index contributed by atoms with van der Waals surface area (Å²) in [6.07, 6.45) is 0. The third-order valence-corrected chi connectivity index (χ3v) is 4.45. The fourth-order valence-electron chi connectivity index (χ4n) is 1.51. The van der Waals surface area contributed by atoms with Crippen LogP contribution in [0.15, 0.2) is 23.1 Å². The van der Waals surface area contributed by atoms with Gasteiger partial charge < -0.3 is 15.2 Å². The number of rotatable bonds is 6. The van der Waals surface area contributed by atoms with Crippen LogP contribution in [0.4, 0.5) is 5.69 Å². The van der Waals surface area contributed by atoms with Crippen molar-refractivity contribution in [3.63, 3.8) is 0 Å². The minimum atomic E-state index is -3.50. The van der Waals surface area contributed by atoms with Gasteiger partial charge in [-0.2, -0.15) is 0 Å². The first kappa shape index (κ1) is 17.7. The summed E-state index contributed by atoms with van der Waals surface area (Å²) < 4.78 is 36.3. The highest BCUT2D eigenvalue weighted by Crippen LogP contribution is 2.26. The second-order valence-corrected chi connectivity index (χ2v) is 7.95. The summed E-state index contributed by atoms with van der Waals surface area (Å²) in [4.78, 5) is 0.147. The molecule has 21 heavy (non-hydrogen) atoms. The lowest BCUT2D eigenvalue weighted by Gasteiger charge is -2.20. The van der Waals surface area contributed by atoms with Crippen molar-refractivity contribution in [2.75, 3.05) is 33.0 Å². The molecule has 7 heteroatoms. The van der Waals surface area contributed by atoms with Gasteiger partial charge in [-0.25, -0.2) is 12.7 Å². The fourth-order valence-corrected chi connectivity index (χ4v) is 2.43. The van der Waals surface area contributed by atoms with E-state index < -0.39 is 10.0 Å². The number of sulfonamides is 1. The van der Waals surface area contributed by atoms with E-state index >= 15 is 0 Å². The third-order valence-electron chi connectivity index (χ3n) is 2.64. The van der Waals surface area contributed by atoms with Crippen molar-refractivity contribution in [1.82, 2.24) is 4.31 Å². The molecule has 0 radical (unpaired) electrons. The van der Waals surface area contributed by atoms with E-state index in [-0.39, 0.29) is 10.5 Å².